The van der Waals surface area contributed by atoms with E-state index in [0.29, 0.717) is 6.42 Å². The molecule has 0 aliphatic carbocycles. The van der Waals surface area contributed by atoms with Crippen LogP contribution in [0.2, 0.25) is 0 Å². The Morgan fingerprint density at radius 2 is 0.559 bits per heavy atom. The molecule has 0 aliphatic heterocycles. The van der Waals surface area contributed by atoms with Crippen LogP contribution in [0, 0.1) is 0 Å². The van der Waals surface area contributed by atoms with Gasteiger partial charge in [0.1, 0.15) is 6.61 Å². The smallest absolute Gasteiger partial charge is 0.462 e. The van der Waals surface area contributed by atoms with E-state index in [9.17, 15) is 19.0 Å². The number of rotatable bonds is 78. The van der Waals surface area contributed by atoms with Gasteiger partial charge in [0.2, 0.25) is 0 Å². The summed E-state index contributed by atoms with van der Waals surface area (Å²) in [5.74, 6) is -0.804. The van der Waals surface area contributed by atoms with Gasteiger partial charge in [0.15, 0.2) is 6.10 Å². The van der Waals surface area contributed by atoms with Crippen LogP contribution in [0.1, 0.15) is 425 Å². The fourth-order valence-electron chi connectivity index (χ4n) is 12.3. The summed E-state index contributed by atoms with van der Waals surface area (Å²) in [6, 6.07) is 0. The van der Waals surface area contributed by atoms with Crippen molar-refractivity contribution in [3.8, 4) is 0 Å². The summed E-state index contributed by atoms with van der Waals surface area (Å²) in [5, 5.41) is 0. The molecular formula is C83H156NO8P. The lowest BCUT2D eigenvalue weighted by molar-refractivity contribution is -0.161. The highest BCUT2D eigenvalue weighted by Gasteiger charge is 2.26. The number of esters is 2. The zero-order valence-corrected chi connectivity index (χ0v) is 62.7. The summed E-state index contributed by atoms with van der Waals surface area (Å²) in [7, 11) is -4.40. The average molecular weight is 1330 g/mol. The molecule has 546 valence electrons. The molecule has 0 fully saturated rings. The Labute approximate surface area is 578 Å². The van der Waals surface area contributed by atoms with E-state index in [0.717, 1.165) is 51.4 Å². The van der Waals surface area contributed by atoms with Gasteiger partial charge in [-0.05, 0) is 83.5 Å². The molecular weight excluding hydrogens is 1170 g/mol. The molecule has 2 unspecified atom stereocenters. The Morgan fingerprint density at radius 1 is 0.323 bits per heavy atom. The number of unbranched alkanes of at least 4 members (excludes halogenated alkanes) is 55. The van der Waals surface area contributed by atoms with Gasteiger partial charge in [-0.1, -0.05) is 389 Å². The highest BCUT2D eigenvalue weighted by molar-refractivity contribution is 7.47. The van der Waals surface area contributed by atoms with Crippen molar-refractivity contribution in [2.45, 2.75) is 431 Å². The second-order valence-electron chi connectivity index (χ2n) is 27.6. The zero-order chi connectivity index (χ0) is 67.2. The first-order chi connectivity index (χ1) is 45.8. The molecule has 93 heavy (non-hydrogen) atoms. The maximum atomic E-state index is 12.8. The Hall–Kier alpha value is -2.29. The van der Waals surface area contributed by atoms with Crippen LogP contribution in [-0.4, -0.2) is 49.3 Å². The third kappa shape index (κ3) is 78.6. The van der Waals surface area contributed by atoms with E-state index >= 15 is 0 Å². The van der Waals surface area contributed by atoms with E-state index in [1.54, 1.807) is 0 Å². The summed E-state index contributed by atoms with van der Waals surface area (Å²) in [4.78, 5) is 35.5. The van der Waals surface area contributed by atoms with E-state index in [1.807, 2.05) is 0 Å². The van der Waals surface area contributed by atoms with Gasteiger partial charge in [-0.25, -0.2) is 4.57 Å². The van der Waals surface area contributed by atoms with Gasteiger partial charge in [0.05, 0.1) is 13.2 Å². The first-order valence-electron chi connectivity index (χ1n) is 40.8. The lowest BCUT2D eigenvalue weighted by atomic mass is 10.0. The molecule has 0 heterocycles. The van der Waals surface area contributed by atoms with Crippen LogP contribution in [-0.2, 0) is 32.7 Å². The topological polar surface area (TPSA) is 134 Å². The van der Waals surface area contributed by atoms with Gasteiger partial charge < -0.3 is 20.1 Å². The maximum Gasteiger partial charge on any atom is 0.472 e. The minimum atomic E-state index is -4.40. The number of hydrogen-bond acceptors (Lipinski definition) is 8. The fraction of sp³-hybridized carbons (Fsp3) is 0.855. The first-order valence-corrected chi connectivity index (χ1v) is 42.3. The molecule has 0 saturated carbocycles. The van der Waals surface area contributed by atoms with Crippen LogP contribution in [0.25, 0.3) is 0 Å². The predicted molar refractivity (Wildman–Crippen MR) is 404 cm³/mol. The predicted octanol–water partition coefficient (Wildman–Crippen LogP) is 27.3. The summed E-state index contributed by atoms with van der Waals surface area (Å²) in [5.41, 5.74) is 5.42. The maximum absolute atomic E-state index is 12.8. The summed E-state index contributed by atoms with van der Waals surface area (Å²) in [6.45, 7) is 3.80. The van der Waals surface area contributed by atoms with Crippen LogP contribution < -0.4 is 5.73 Å². The van der Waals surface area contributed by atoms with E-state index in [-0.39, 0.29) is 38.6 Å². The Kier molecular flexibility index (Phi) is 76.8. The average Bonchev–Trinajstić information content (AvgIpc) is 3.32. The van der Waals surface area contributed by atoms with Crippen LogP contribution in [0.15, 0.2) is 60.8 Å². The van der Waals surface area contributed by atoms with Crippen molar-refractivity contribution in [2.75, 3.05) is 26.4 Å². The molecule has 0 aromatic carbocycles. The Bertz CT molecular complexity index is 1710. The van der Waals surface area contributed by atoms with Crippen LogP contribution in [0.3, 0.4) is 0 Å². The molecule has 0 radical (unpaired) electrons. The second kappa shape index (κ2) is 78.7. The number of allylic oxidation sites excluding steroid dienone is 10. The normalized spacial score (nSPS) is 13.1. The standard InChI is InChI=1S/C83H156NO8P/c1-3-5-7-9-11-13-15-17-19-21-23-25-27-29-31-33-35-37-38-39-40-41-42-44-45-47-49-51-53-55-57-59-61-63-65-67-69-71-73-75-82(85)89-79-81(80-91-93(87,88)90-78-77-84)92-83(86)76-74-72-70-68-66-64-62-60-58-56-54-52-50-48-46-43-36-34-32-30-28-26-24-22-20-18-16-14-12-10-8-6-4-2/h15-18,21-24,28,30,81H,3-14,19-20,25-27,29,31-80,84H2,1-2H3,(H,87,88)/b17-15-,18-16-,23-21-,24-22-,30-28-. The van der Waals surface area contributed by atoms with Crippen LogP contribution in [0.4, 0.5) is 0 Å². The van der Waals surface area contributed by atoms with Crippen LogP contribution in [0.5, 0.6) is 0 Å². The molecule has 0 spiro atoms. The number of ether oxygens (including phenoxy) is 2. The molecule has 3 N–H and O–H groups in total. The molecule has 10 heteroatoms. The second-order valence-corrected chi connectivity index (χ2v) is 29.1. The van der Waals surface area contributed by atoms with Gasteiger partial charge in [-0.3, -0.25) is 18.6 Å². The van der Waals surface area contributed by atoms with Gasteiger partial charge in [0.25, 0.3) is 0 Å². The van der Waals surface area contributed by atoms with E-state index < -0.39 is 26.5 Å². The van der Waals surface area contributed by atoms with E-state index in [2.05, 4.69) is 74.6 Å². The molecule has 0 rings (SSSR count). The zero-order valence-electron chi connectivity index (χ0n) is 61.8. The van der Waals surface area contributed by atoms with E-state index in [1.165, 1.54) is 340 Å². The number of nitrogens with two attached hydrogens (primary N) is 1. The minimum absolute atomic E-state index is 0.0552. The van der Waals surface area contributed by atoms with Crippen molar-refractivity contribution in [1.82, 2.24) is 0 Å². The summed E-state index contributed by atoms with van der Waals surface area (Å²) in [6.07, 6.45) is 104. The molecule has 0 bridgehead atoms. The van der Waals surface area contributed by atoms with Crippen molar-refractivity contribution in [3.05, 3.63) is 60.8 Å². The number of phosphoric acid groups is 1. The Balaban J connectivity index is 3.75. The Morgan fingerprint density at radius 3 is 0.828 bits per heavy atom. The number of carbonyl (C=O) groups excluding carboxylic acids is 2. The molecule has 2 atom stereocenters. The largest absolute Gasteiger partial charge is 0.472 e. The van der Waals surface area contributed by atoms with Crippen LogP contribution >= 0.6 is 7.82 Å². The van der Waals surface area contributed by atoms with Gasteiger partial charge >= 0.3 is 19.8 Å². The quantitative estimate of drug-likeness (QED) is 0.0264. The summed E-state index contributed by atoms with van der Waals surface area (Å²) < 4.78 is 33.3. The molecule has 0 aromatic rings. The highest BCUT2D eigenvalue weighted by Crippen LogP contribution is 2.43. The molecule has 0 aromatic heterocycles. The molecule has 0 aliphatic rings. The summed E-state index contributed by atoms with van der Waals surface area (Å²) >= 11 is 0. The third-order valence-electron chi connectivity index (χ3n) is 18.4. The highest BCUT2D eigenvalue weighted by atomic mass is 31.2. The van der Waals surface area contributed by atoms with Crippen molar-refractivity contribution < 1.29 is 37.6 Å². The van der Waals surface area contributed by atoms with E-state index in [4.69, 9.17) is 24.3 Å². The lowest BCUT2D eigenvalue weighted by Crippen LogP contribution is -2.29. The SMILES string of the molecule is CCCCCCC/C=C\C/C=C\C/C=C\CCCCCCCCCCCCCCCCCCCCC(=O)OC(COC(=O)CCCCCCCCCCCCCCCCCCCCCCCCCCCCC/C=C\C/C=C\CCCCCCC)COP(=O)(O)OCCN. The van der Waals surface area contributed by atoms with Crippen molar-refractivity contribution in [3.63, 3.8) is 0 Å². The molecule has 0 amide bonds. The van der Waals surface area contributed by atoms with Crippen molar-refractivity contribution >= 4 is 19.8 Å². The van der Waals surface area contributed by atoms with Gasteiger partial charge in [-0.2, -0.15) is 0 Å². The monoisotopic (exact) mass is 1330 g/mol. The third-order valence-corrected chi connectivity index (χ3v) is 19.4. The molecule has 9 nitrogen and oxygen atoms in total. The lowest BCUT2D eigenvalue weighted by Gasteiger charge is -2.19. The minimum Gasteiger partial charge on any atom is -0.462 e. The number of hydrogen-bond donors (Lipinski definition) is 2. The van der Waals surface area contributed by atoms with Gasteiger partial charge in [-0.15, -0.1) is 0 Å². The number of carbonyl (C=O) groups is 2. The van der Waals surface area contributed by atoms with Crippen molar-refractivity contribution in [2.24, 2.45) is 5.73 Å². The van der Waals surface area contributed by atoms with Gasteiger partial charge in [0, 0.05) is 19.4 Å². The number of phosphoric ester groups is 1. The molecule has 0 saturated heterocycles. The first kappa shape index (κ1) is 90.7. The van der Waals surface area contributed by atoms with Crippen molar-refractivity contribution in [1.29, 1.82) is 0 Å². The fourth-order valence-corrected chi connectivity index (χ4v) is 13.1.